The minimum Gasteiger partial charge on any atom is -0.299 e. The van der Waals surface area contributed by atoms with Gasteiger partial charge in [-0.2, -0.15) is 0 Å². The molecule has 116 valence electrons. The van der Waals surface area contributed by atoms with Gasteiger partial charge in [-0.3, -0.25) is 4.79 Å². The highest BCUT2D eigenvalue weighted by atomic mass is 32.2. The Morgan fingerprint density at radius 2 is 1.59 bits per heavy atom. The van der Waals surface area contributed by atoms with Gasteiger partial charge < -0.3 is 0 Å². The molecule has 2 aromatic carbocycles. The number of rotatable bonds is 6. The maximum atomic E-state index is 12.6. The fraction of sp³-hybridized carbons (Fsp3) is 0.278. The zero-order valence-electron chi connectivity index (χ0n) is 12.8. The van der Waals surface area contributed by atoms with E-state index in [1.54, 1.807) is 31.2 Å². The largest absolute Gasteiger partial charge is 0.299 e. The minimum atomic E-state index is -3.50. The minimum absolute atomic E-state index is 0.0538. The van der Waals surface area contributed by atoms with Gasteiger partial charge in [0.15, 0.2) is 9.84 Å². The van der Waals surface area contributed by atoms with E-state index >= 15 is 0 Å². The van der Waals surface area contributed by atoms with E-state index in [0.29, 0.717) is 6.42 Å². The van der Waals surface area contributed by atoms with E-state index in [1.807, 2.05) is 37.3 Å². The summed E-state index contributed by atoms with van der Waals surface area (Å²) in [6.45, 7) is 3.67. The Labute approximate surface area is 131 Å². The second kappa shape index (κ2) is 6.88. The van der Waals surface area contributed by atoms with Gasteiger partial charge >= 0.3 is 0 Å². The average molecular weight is 316 g/mol. The molecule has 0 amide bonds. The van der Waals surface area contributed by atoms with Gasteiger partial charge in [0, 0.05) is 6.42 Å². The lowest BCUT2D eigenvalue weighted by atomic mass is 9.95. The van der Waals surface area contributed by atoms with Crippen molar-refractivity contribution in [3.63, 3.8) is 0 Å². The maximum absolute atomic E-state index is 12.6. The summed E-state index contributed by atoms with van der Waals surface area (Å²) in [6.07, 6.45) is 0.322. The first-order valence-corrected chi connectivity index (χ1v) is 8.96. The average Bonchev–Trinajstić information content (AvgIpc) is 2.53. The Hall–Kier alpha value is -1.94. The second-order valence-corrected chi connectivity index (χ2v) is 7.41. The molecule has 1 unspecified atom stereocenters. The number of aryl methyl sites for hydroxylation is 1. The third-order valence-corrected chi connectivity index (χ3v) is 5.47. The Balaban J connectivity index is 2.34. The summed E-state index contributed by atoms with van der Waals surface area (Å²) in [5.74, 6) is -0.855. The van der Waals surface area contributed by atoms with Crippen LogP contribution >= 0.6 is 0 Å². The van der Waals surface area contributed by atoms with Crippen LogP contribution in [0.1, 0.15) is 30.4 Å². The van der Waals surface area contributed by atoms with E-state index in [4.69, 9.17) is 0 Å². The summed E-state index contributed by atoms with van der Waals surface area (Å²) in [4.78, 5) is 12.5. The van der Waals surface area contributed by atoms with Gasteiger partial charge in [0.2, 0.25) is 0 Å². The van der Waals surface area contributed by atoms with Crippen LogP contribution in [0.3, 0.4) is 0 Å². The number of Topliss-reactive ketones (excluding diaryl/α,β-unsaturated/α-hetero) is 1. The molecule has 0 aliphatic rings. The summed E-state index contributed by atoms with van der Waals surface area (Å²) >= 11 is 0. The van der Waals surface area contributed by atoms with Crippen molar-refractivity contribution < 1.29 is 13.2 Å². The highest BCUT2D eigenvalue weighted by Gasteiger charge is 2.27. The van der Waals surface area contributed by atoms with E-state index in [-0.39, 0.29) is 16.4 Å². The molecule has 0 saturated carbocycles. The van der Waals surface area contributed by atoms with E-state index in [0.717, 1.165) is 11.1 Å². The van der Waals surface area contributed by atoms with Crippen molar-refractivity contribution in [3.05, 3.63) is 65.7 Å². The van der Waals surface area contributed by atoms with Crippen LogP contribution in [0.15, 0.2) is 59.5 Å². The molecule has 2 rings (SSSR count). The molecular weight excluding hydrogens is 296 g/mol. The van der Waals surface area contributed by atoms with Crippen molar-refractivity contribution >= 4 is 15.6 Å². The molecular formula is C18H20O3S. The molecule has 0 bridgehead atoms. The molecule has 22 heavy (non-hydrogen) atoms. The van der Waals surface area contributed by atoms with Crippen LogP contribution in [0.2, 0.25) is 0 Å². The van der Waals surface area contributed by atoms with Crippen molar-refractivity contribution in [1.29, 1.82) is 0 Å². The smallest absolute Gasteiger partial charge is 0.179 e. The molecule has 0 N–H and O–H groups in total. The monoisotopic (exact) mass is 316 g/mol. The normalized spacial score (nSPS) is 12.8. The molecule has 2 aromatic rings. The van der Waals surface area contributed by atoms with Crippen molar-refractivity contribution in [3.8, 4) is 0 Å². The van der Waals surface area contributed by atoms with Crippen LogP contribution in [0.25, 0.3) is 0 Å². The van der Waals surface area contributed by atoms with Gasteiger partial charge in [-0.25, -0.2) is 8.42 Å². The Morgan fingerprint density at radius 1 is 1.00 bits per heavy atom. The van der Waals surface area contributed by atoms with Crippen LogP contribution in [0, 0.1) is 6.92 Å². The number of sulfone groups is 1. The summed E-state index contributed by atoms with van der Waals surface area (Å²) in [5.41, 5.74) is 1.76. The zero-order chi connectivity index (χ0) is 16.2. The number of ketones is 1. The maximum Gasteiger partial charge on any atom is 0.179 e. The summed E-state index contributed by atoms with van der Waals surface area (Å²) in [6, 6.07) is 15.9. The molecule has 0 aromatic heterocycles. The molecule has 1 atom stereocenters. The van der Waals surface area contributed by atoms with Crippen LogP contribution in [-0.4, -0.2) is 20.0 Å². The SMILES string of the molecule is CCC(=O)C(CS(=O)(=O)c1ccc(C)cc1)c1ccccc1. The molecule has 0 aliphatic heterocycles. The molecule has 4 heteroatoms. The van der Waals surface area contributed by atoms with E-state index in [1.165, 1.54) is 0 Å². The molecule has 0 radical (unpaired) electrons. The Kier molecular flexibility index (Phi) is 5.14. The topological polar surface area (TPSA) is 51.2 Å². The molecule has 0 spiro atoms. The fourth-order valence-electron chi connectivity index (χ4n) is 2.37. The molecule has 0 fully saturated rings. The van der Waals surface area contributed by atoms with Gasteiger partial charge in [0.25, 0.3) is 0 Å². The number of hydrogen-bond donors (Lipinski definition) is 0. The predicted molar refractivity (Wildman–Crippen MR) is 87.7 cm³/mol. The number of benzene rings is 2. The summed E-state index contributed by atoms with van der Waals surface area (Å²) < 4.78 is 25.2. The summed E-state index contributed by atoms with van der Waals surface area (Å²) in [7, 11) is -3.50. The third kappa shape index (κ3) is 3.83. The lowest BCUT2D eigenvalue weighted by Gasteiger charge is -2.16. The molecule has 0 heterocycles. The molecule has 3 nitrogen and oxygen atoms in total. The number of carbonyl (C=O) groups is 1. The molecule has 0 saturated heterocycles. The second-order valence-electron chi connectivity index (χ2n) is 5.38. The highest BCUT2D eigenvalue weighted by molar-refractivity contribution is 7.91. The fourth-order valence-corrected chi connectivity index (χ4v) is 3.93. The standard InChI is InChI=1S/C18H20O3S/c1-3-18(19)17(15-7-5-4-6-8-15)13-22(20,21)16-11-9-14(2)10-12-16/h4-12,17H,3,13H2,1-2H3. The van der Waals surface area contributed by atoms with Gasteiger partial charge in [0.1, 0.15) is 5.78 Å². The van der Waals surface area contributed by atoms with Crippen molar-refractivity contribution in [2.45, 2.75) is 31.1 Å². The van der Waals surface area contributed by atoms with Gasteiger partial charge in [-0.15, -0.1) is 0 Å². The highest BCUT2D eigenvalue weighted by Crippen LogP contribution is 2.24. The van der Waals surface area contributed by atoms with Crippen LogP contribution in [0.5, 0.6) is 0 Å². The van der Waals surface area contributed by atoms with Crippen LogP contribution in [-0.2, 0) is 14.6 Å². The first kappa shape index (κ1) is 16.4. The van der Waals surface area contributed by atoms with Crippen LogP contribution < -0.4 is 0 Å². The number of hydrogen-bond acceptors (Lipinski definition) is 3. The predicted octanol–water partition coefficient (Wildman–Crippen LogP) is 3.53. The lowest BCUT2D eigenvalue weighted by molar-refractivity contribution is -0.119. The first-order chi connectivity index (χ1) is 10.4. The van der Waals surface area contributed by atoms with Gasteiger partial charge in [0.05, 0.1) is 16.6 Å². The van der Waals surface area contributed by atoms with Gasteiger partial charge in [-0.1, -0.05) is 55.0 Å². The van der Waals surface area contributed by atoms with E-state index < -0.39 is 15.8 Å². The lowest BCUT2D eigenvalue weighted by Crippen LogP contribution is -2.22. The zero-order valence-corrected chi connectivity index (χ0v) is 13.6. The third-order valence-electron chi connectivity index (χ3n) is 3.71. The van der Waals surface area contributed by atoms with Crippen molar-refractivity contribution in [2.75, 3.05) is 5.75 Å². The quantitative estimate of drug-likeness (QED) is 0.819. The van der Waals surface area contributed by atoms with E-state index in [9.17, 15) is 13.2 Å². The van der Waals surface area contributed by atoms with Gasteiger partial charge in [-0.05, 0) is 24.6 Å². The summed E-state index contributed by atoms with van der Waals surface area (Å²) in [5, 5.41) is 0. The van der Waals surface area contributed by atoms with Crippen LogP contribution in [0.4, 0.5) is 0 Å². The first-order valence-electron chi connectivity index (χ1n) is 7.31. The molecule has 0 aliphatic carbocycles. The van der Waals surface area contributed by atoms with Crippen molar-refractivity contribution in [2.24, 2.45) is 0 Å². The van der Waals surface area contributed by atoms with E-state index in [2.05, 4.69) is 0 Å². The van der Waals surface area contributed by atoms with Crippen molar-refractivity contribution in [1.82, 2.24) is 0 Å². The Bertz CT molecular complexity index is 732. The number of carbonyl (C=O) groups excluding carboxylic acids is 1. The Morgan fingerprint density at radius 3 is 2.14 bits per heavy atom.